The Morgan fingerprint density at radius 3 is 3.00 bits per heavy atom. The van der Waals surface area contributed by atoms with Gasteiger partial charge in [0, 0.05) is 18.7 Å². The van der Waals surface area contributed by atoms with Crippen LogP contribution in [0.1, 0.15) is 12.8 Å². The van der Waals surface area contributed by atoms with E-state index < -0.39 is 4.92 Å². The maximum Gasteiger partial charge on any atom is 0.310 e. The fourth-order valence-corrected chi connectivity index (χ4v) is 2.06. The van der Waals surface area contributed by atoms with Gasteiger partial charge in [-0.2, -0.15) is 0 Å². The number of rotatable bonds is 6. The molecule has 0 spiro atoms. The largest absolute Gasteiger partial charge is 0.486 e. The van der Waals surface area contributed by atoms with Gasteiger partial charge in [-0.25, -0.2) is 0 Å². The van der Waals surface area contributed by atoms with Gasteiger partial charge in [0.05, 0.1) is 18.0 Å². The topological polar surface area (TPSA) is 93.5 Å². The highest BCUT2D eigenvalue weighted by Gasteiger charge is 2.17. The van der Waals surface area contributed by atoms with Crippen molar-refractivity contribution >= 4 is 11.6 Å². The first-order chi connectivity index (χ1) is 9.66. The highest BCUT2D eigenvalue weighted by Crippen LogP contribution is 2.25. The molecule has 1 aliphatic rings. The molecular formula is C13H17N3O4. The van der Waals surface area contributed by atoms with Crippen LogP contribution in [0.3, 0.4) is 0 Å². The first-order valence-corrected chi connectivity index (χ1v) is 6.53. The second-order valence-corrected chi connectivity index (χ2v) is 4.58. The molecule has 20 heavy (non-hydrogen) atoms. The fourth-order valence-electron chi connectivity index (χ4n) is 2.06. The zero-order valence-electron chi connectivity index (χ0n) is 11.0. The van der Waals surface area contributed by atoms with Crippen LogP contribution in [0.15, 0.2) is 24.3 Å². The molecule has 1 amide bonds. The van der Waals surface area contributed by atoms with E-state index in [4.69, 9.17) is 4.74 Å². The third kappa shape index (κ3) is 3.92. The Labute approximate surface area is 116 Å². The lowest BCUT2D eigenvalue weighted by Gasteiger charge is -2.11. The first kappa shape index (κ1) is 14.3. The molecule has 0 aromatic heterocycles. The van der Waals surface area contributed by atoms with Gasteiger partial charge in [-0.1, -0.05) is 12.1 Å². The van der Waals surface area contributed by atoms with Crippen molar-refractivity contribution in [2.45, 2.75) is 18.9 Å². The average molecular weight is 279 g/mol. The molecule has 1 fully saturated rings. The summed E-state index contributed by atoms with van der Waals surface area (Å²) in [5.74, 6) is 0.0881. The van der Waals surface area contributed by atoms with Crippen LogP contribution in [0.4, 0.5) is 5.69 Å². The number of carbonyl (C=O) groups is 1. The number of nitro benzene ring substituents is 1. The van der Waals surface area contributed by atoms with Crippen LogP contribution in [0, 0.1) is 10.1 Å². The fraction of sp³-hybridized carbons (Fsp3) is 0.462. The summed E-state index contributed by atoms with van der Waals surface area (Å²) in [6.45, 7) is 1.82. The summed E-state index contributed by atoms with van der Waals surface area (Å²) in [6, 6.07) is 6.31. The van der Waals surface area contributed by atoms with E-state index >= 15 is 0 Å². The number of nitrogens with one attached hydrogen (secondary N) is 2. The second-order valence-electron chi connectivity index (χ2n) is 4.58. The molecule has 7 heteroatoms. The molecule has 1 atom stereocenters. The molecule has 1 aromatic rings. The second kappa shape index (κ2) is 6.85. The minimum absolute atomic E-state index is 0.0899. The van der Waals surface area contributed by atoms with Crippen LogP contribution in [-0.4, -0.2) is 36.6 Å². The van der Waals surface area contributed by atoms with E-state index in [1.165, 1.54) is 12.1 Å². The molecule has 0 bridgehead atoms. The van der Waals surface area contributed by atoms with E-state index in [1.807, 2.05) is 0 Å². The number of nitro groups is 1. The van der Waals surface area contributed by atoms with Crippen molar-refractivity contribution in [2.75, 3.05) is 19.7 Å². The molecular weight excluding hydrogens is 262 g/mol. The third-order valence-corrected chi connectivity index (χ3v) is 3.07. The number of amides is 1. The summed E-state index contributed by atoms with van der Waals surface area (Å²) < 4.78 is 5.32. The minimum atomic E-state index is -0.500. The van der Waals surface area contributed by atoms with E-state index in [0.717, 1.165) is 19.5 Å². The van der Waals surface area contributed by atoms with Gasteiger partial charge >= 0.3 is 5.69 Å². The van der Waals surface area contributed by atoms with E-state index in [-0.39, 0.29) is 36.4 Å². The van der Waals surface area contributed by atoms with Crippen molar-refractivity contribution in [3.05, 3.63) is 34.4 Å². The van der Waals surface area contributed by atoms with Gasteiger partial charge in [0.15, 0.2) is 5.75 Å². The predicted octanol–water partition coefficient (Wildman–Crippen LogP) is 0.842. The predicted molar refractivity (Wildman–Crippen MR) is 72.6 cm³/mol. The molecule has 0 radical (unpaired) electrons. The molecule has 1 saturated heterocycles. The van der Waals surface area contributed by atoms with Crippen LogP contribution in [0.2, 0.25) is 0 Å². The number of hydrogen-bond donors (Lipinski definition) is 2. The number of benzene rings is 1. The molecule has 108 valence electrons. The van der Waals surface area contributed by atoms with E-state index in [0.29, 0.717) is 0 Å². The Kier molecular flexibility index (Phi) is 4.89. The lowest BCUT2D eigenvalue weighted by molar-refractivity contribution is -0.385. The smallest absolute Gasteiger partial charge is 0.310 e. The van der Waals surface area contributed by atoms with Crippen molar-refractivity contribution in [2.24, 2.45) is 0 Å². The van der Waals surface area contributed by atoms with Crippen LogP contribution < -0.4 is 15.4 Å². The molecule has 1 unspecified atom stereocenters. The van der Waals surface area contributed by atoms with Crippen LogP contribution in [-0.2, 0) is 4.79 Å². The zero-order chi connectivity index (χ0) is 14.4. The Morgan fingerprint density at radius 1 is 1.50 bits per heavy atom. The van der Waals surface area contributed by atoms with E-state index in [9.17, 15) is 14.9 Å². The Morgan fingerprint density at radius 2 is 2.30 bits per heavy atom. The summed E-state index contributed by atoms with van der Waals surface area (Å²) in [5, 5.41) is 16.8. The standard InChI is InChI=1S/C13H17N3O4/c17-13(15-10-5-7-14-9-10)6-8-20-12-4-2-1-3-11(12)16(18)19/h1-4,10,14H,5-9H2,(H,15,17). The Hall–Kier alpha value is -2.15. The van der Waals surface area contributed by atoms with Crippen LogP contribution in [0.25, 0.3) is 0 Å². The van der Waals surface area contributed by atoms with Gasteiger partial charge < -0.3 is 15.4 Å². The molecule has 2 N–H and O–H groups in total. The number of nitrogens with zero attached hydrogens (tertiary/aromatic N) is 1. The molecule has 0 saturated carbocycles. The summed E-state index contributed by atoms with van der Waals surface area (Å²) in [5.41, 5.74) is -0.0899. The highest BCUT2D eigenvalue weighted by molar-refractivity contribution is 5.76. The summed E-state index contributed by atoms with van der Waals surface area (Å²) in [4.78, 5) is 21.9. The maximum absolute atomic E-state index is 11.7. The number of ether oxygens (including phenoxy) is 1. The molecule has 7 nitrogen and oxygen atoms in total. The highest BCUT2D eigenvalue weighted by atomic mass is 16.6. The van der Waals surface area contributed by atoms with Crippen LogP contribution in [0.5, 0.6) is 5.75 Å². The van der Waals surface area contributed by atoms with Gasteiger partial charge in [0.1, 0.15) is 0 Å². The number of para-hydroxylation sites is 2. The molecule has 2 rings (SSSR count). The van der Waals surface area contributed by atoms with Gasteiger partial charge in [-0.15, -0.1) is 0 Å². The van der Waals surface area contributed by atoms with Crippen LogP contribution >= 0.6 is 0 Å². The summed E-state index contributed by atoms with van der Waals surface area (Å²) >= 11 is 0. The van der Waals surface area contributed by atoms with Gasteiger partial charge in [-0.05, 0) is 19.0 Å². The first-order valence-electron chi connectivity index (χ1n) is 6.53. The molecule has 1 aromatic carbocycles. The zero-order valence-corrected chi connectivity index (χ0v) is 11.0. The van der Waals surface area contributed by atoms with Crippen molar-refractivity contribution in [1.29, 1.82) is 0 Å². The monoisotopic (exact) mass is 279 g/mol. The third-order valence-electron chi connectivity index (χ3n) is 3.07. The number of carbonyl (C=O) groups excluding carboxylic acids is 1. The summed E-state index contributed by atoms with van der Waals surface area (Å²) in [6.07, 6.45) is 1.11. The Balaban J connectivity index is 1.78. The van der Waals surface area contributed by atoms with Gasteiger partial charge in [-0.3, -0.25) is 14.9 Å². The minimum Gasteiger partial charge on any atom is -0.486 e. The number of hydrogen-bond acceptors (Lipinski definition) is 5. The summed E-state index contributed by atoms with van der Waals surface area (Å²) in [7, 11) is 0. The average Bonchev–Trinajstić information content (AvgIpc) is 2.92. The lowest BCUT2D eigenvalue weighted by atomic mass is 10.2. The normalized spacial score (nSPS) is 17.7. The molecule has 1 aliphatic heterocycles. The van der Waals surface area contributed by atoms with Gasteiger partial charge in [0.25, 0.3) is 0 Å². The quantitative estimate of drug-likeness (QED) is 0.594. The van der Waals surface area contributed by atoms with Gasteiger partial charge in [0.2, 0.25) is 5.91 Å². The van der Waals surface area contributed by atoms with Crippen molar-refractivity contribution in [3.63, 3.8) is 0 Å². The van der Waals surface area contributed by atoms with E-state index in [2.05, 4.69) is 10.6 Å². The SMILES string of the molecule is O=C(CCOc1ccccc1[N+](=O)[O-])NC1CCNC1. The van der Waals surface area contributed by atoms with E-state index in [1.54, 1.807) is 12.1 Å². The lowest BCUT2D eigenvalue weighted by Crippen LogP contribution is -2.36. The van der Waals surface area contributed by atoms with Crippen molar-refractivity contribution in [1.82, 2.24) is 10.6 Å². The van der Waals surface area contributed by atoms with Crippen molar-refractivity contribution < 1.29 is 14.5 Å². The van der Waals surface area contributed by atoms with Crippen molar-refractivity contribution in [3.8, 4) is 5.75 Å². The molecule has 1 heterocycles. The molecule has 0 aliphatic carbocycles. The Bertz CT molecular complexity index is 486. The maximum atomic E-state index is 11.7.